The molecule has 0 fully saturated rings. The van der Waals surface area contributed by atoms with Crippen LogP contribution in [-0.4, -0.2) is 72.0 Å². The van der Waals surface area contributed by atoms with Crippen molar-refractivity contribution in [3.05, 3.63) is 59.7 Å². The van der Waals surface area contributed by atoms with Crippen LogP contribution in [-0.2, 0) is 14.3 Å². The first-order chi connectivity index (χ1) is 19.1. The summed E-state index contributed by atoms with van der Waals surface area (Å²) in [6.45, 7) is 4.71. The van der Waals surface area contributed by atoms with Gasteiger partial charge < -0.3 is 25.4 Å². The van der Waals surface area contributed by atoms with Crippen molar-refractivity contribution in [3.8, 4) is 5.75 Å². The van der Waals surface area contributed by atoms with Gasteiger partial charge in [0.15, 0.2) is 23.2 Å². The van der Waals surface area contributed by atoms with Crippen molar-refractivity contribution >= 4 is 52.9 Å². The molecule has 212 valence electrons. The number of hydrogen-bond donors (Lipinski definition) is 3. The Hall–Kier alpha value is -3.83. The van der Waals surface area contributed by atoms with Crippen LogP contribution in [0.5, 0.6) is 5.75 Å². The van der Waals surface area contributed by atoms with E-state index in [4.69, 9.17) is 33.0 Å². The van der Waals surface area contributed by atoms with Crippen LogP contribution >= 0.6 is 0 Å². The lowest BCUT2D eigenvalue weighted by Gasteiger charge is -2.21. The quantitative estimate of drug-likeness (QED) is 0.255. The third kappa shape index (κ3) is 11.7. The van der Waals surface area contributed by atoms with E-state index in [9.17, 15) is 28.0 Å². The number of benzene rings is 2. The van der Waals surface area contributed by atoms with E-state index in [0.29, 0.717) is 12.8 Å². The SMILES string of the molecule is [B]C([B])([B])C(=O)Nc1cccc(C(=O)N[C@H](CCCCNC(=O)OC(C)(C)C)C(=O)COc2c(F)cccc2F)c1. The molecule has 0 aliphatic rings. The zero-order valence-corrected chi connectivity index (χ0v) is 23.1. The number of amides is 3. The molecule has 3 N–H and O–H groups in total. The number of carbonyl (C=O) groups is 4. The maximum Gasteiger partial charge on any atom is 0.407 e. The average molecular weight is 563 g/mol. The van der Waals surface area contributed by atoms with Crippen LogP contribution in [0.25, 0.3) is 0 Å². The Morgan fingerprint density at radius 2 is 1.59 bits per heavy atom. The minimum atomic E-state index is -2.15. The minimum absolute atomic E-state index is 0.0740. The van der Waals surface area contributed by atoms with Crippen molar-refractivity contribution in [2.75, 3.05) is 18.5 Å². The molecule has 0 spiro atoms. The molecular weight excluding hydrogens is 533 g/mol. The van der Waals surface area contributed by atoms with Crippen LogP contribution < -0.4 is 20.7 Å². The van der Waals surface area contributed by atoms with Gasteiger partial charge in [0.1, 0.15) is 12.2 Å². The first-order valence-corrected chi connectivity index (χ1v) is 12.7. The van der Waals surface area contributed by atoms with Gasteiger partial charge in [-0.15, -0.1) is 0 Å². The van der Waals surface area contributed by atoms with Gasteiger partial charge in [0, 0.05) is 17.8 Å². The Bertz CT molecular complexity index is 1230. The summed E-state index contributed by atoms with van der Waals surface area (Å²) in [6, 6.07) is 7.70. The van der Waals surface area contributed by atoms with E-state index >= 15 is 0 Å². The molecule has 2 aromatic carbocycles. The number of ether oxygens (including phenoxy) is 2. The number of anilines is 1. The summed E-state index contributed by atoms with van der Waals surface area (Å²) >= 11 is 0. The predicted molar refractivity (Wildman–Crippen MR) is 151 cm³/mol. The number of para-hydroxylation sites is 1. The molecule has 0 bridgehead atoms. The lowest BCUT2D eigenvalue weighted by molar-refractivity contribution is -0.123. The second kappa shape index (κ2) is 14.7. The van der Waals surface area contributed by atoms with E-state index in [1.165, 1.54) is 24.3 Å². The van der Waals surface area contributed by atoms with Crippen LogP contribution in [0.3, 0.4) is 0 Å². The highest BCUT2D eigenvalue weighted by atomic mass is 19.1. The van der Waals surface area contributed by atoms with Crippen LogP contribution in [0.15, 0.2) is 42.5 Å². The summed E-state index contributed by atoms with van der Waals surface area (Å²) in [7, 11) is 16.1. The molecule has 2 aromatic rings. The standard InChI is InChI=1S/C27H30B3F2N3O6/c1-26(2,3)41-25(39)33-13-5-4-12-20(21(36)15-40-22-18(31)10-7-11-19(22)32)35-23(37)16-8-6-9-17(14-16)34-24(38)27(28,29)30/h6-11,14,20H,4-5,12-13,15H2,1-3H3,(H,33,39)(H,34,38)(H,35,37)/t20-/m1/s1. The van der Waals surface area contributed by atoms with Crippen molar-refractivity contribution in [3.63, 3.8) is 0 Å². The monoisotopic (exact) mass is 563 g/mol. The number of hydrogen-bond acceptors (Lipinski definition) is 6. The third-order valence-corrected chi connectivity index (χ3v) is 5.34. The number of carbonyl (C=O) groups excluding carboxylic acids is 4. The minimum Gasteiger partial charge on any atom is -0.480 e. The summed E-state index contributed by atoms with van der Waals surface area (Å²) < 4.78 is 38.1. The Morgan fingerprint density at radius 1 is 0.951 bits per heavy atom. The first kappa shape index (κ1) is 33.4. The number of halogens is 2. The van der Waals surface area contributed by atoms with Gasteiger partial charge in [-0.25, -0.2) is 13.6 Å². The third-order valence-electron chi connectivity index (χ3n) is 5.34. The van der Waals surface area contributed by atoms with Crippen molar-refractivity contribution in [1.82, 2.24) is 10.6 Å². The predicted octanol–water partition coefficient (Wildman–Crippen LogP) is 2.92. The highest BCUT2D eigenvalue weighted by molar-refractivity contribution is 6.69. The molecular formula is C27H30B3F2N3O6. The van der Waals surface area contributed by atoms with Crippen molar-refractivity contribution < 1.29 is 37.4 Å². The largest absolute Gasteiger partial charge is 0.480 e. The van der Waals surface area contributed by atoms with Gasteiger partial charge in [0.2, 0.25) is 5.91 Å². The molecule has 0 aliphatic carbocycles. The Morgan fingerprint density at radius 3 is 2.20 bits per heavy atom. The summed E-state index contributed by atoms with van der Waals surface area (Å²) in [6.07, 6.45) is 0.336. The zero-order valence-electron chi connectivity index (χ0n) is 23.1. The lowest BCUT2D eigenvalue weighted by atomic mass is 9.42. The van der Waals surface area contributed by atoms with Gasteiger partial charge in [-0.05, 0) is 70.4 Å². The Balaban J connectivity index is 2.08. The Labute approximate surface area is 241 Å². The van der Waals surface area contributed by atoms with Crippen LogP contribution in [0, 0.1) is 11.6 Å². The summed E-state index contributed by atoms with van der Waals surface area (Å²) in [4.78, 5) is 49.8. The van der Waals surface area contributed by atoms with E-state index in [1.807, 2.05) is 0 Å². The van der Waals surface area contributed by atoms with Crippen molar-refractivity contribution in [2.24, 2.45) is 0 Å². The van der Waals surface area contributed by atoms with E-state index in [0.717, 1.165) is 18.2 Å². The van der Waals surface area contributed by atoms with E-state index in [1.54, 1.807) is 20.8 Å². The van der Waals surface area contributed by atoms with Crippen LogP contribution in [0.4, 0.5) is 19.3 Å². The Kier molecular flexibility index (Phi) is 12.0. The highest BCUT2D eigenvalue weighted by Crippen LogP contribution is 2.21. The molecule has 0 unspecified atom stereocenters. The molecule has 9 nitrogen and oxygen atoms in total. The average Bonchev–Trinajstić information content (AvgIpc) is 2.85. The molecule has 0 aromatic heterocycles. The van der Waals surface area contributed by atoms with E-state index in [-0.39, 0.29) is 24.2 Å². The van der Waals surface area contributed by atoms with Gasteiger partial charge in [0.05, 0.1) is 29.6 Å². The molecule has 14 heteroatoms. The molecule has 6 radical (unpaired) electrons. The van der Waals surface area contributed by atoms with Crippen LogP contribution in [0.1, 0.15) is 50.4 Å². The molecule has 0 heterocycles. The van der Waals surface area contributed by atoms with Crippen LogP contribution in [0.2, 0.25) is 5.11 Å². The molecule has 3 amide bonds. The first-order valence-electron chi connectivity index (χ1n) is 12.7. The van der Waals surface area contributed by atoms with E-state index in [2.05, 4.69) is 16.0 Å². The number of rotatable bonds is 13. The number of alkyl carbamates (subject to hydrolysis) is 1. The maximum absolute atomic E-state index is 13.9. The van der Waals surface area contributed by atoms with E-state index < -0.39 is 64.4 Å². The van der Waals surface area contributed by atoms with Gasteiger partial charge in [-0.1, -0.05) is 17.2 Å². The van der Waals surface area contributed by atoms with Crippen molar-refractivity contribution in [2.45, 2.75) is 56.8 Å². The zero-order chi connectivity index (χ0) is 30.8. The van der Waals surface area contributed by atoms with Gasteiger partial charge in [-0.3, -0.25) is 14.4 Å². The maximum atomic E-state index is 13.9. The second-order valence-electron chi connectivity index (χ2n) is 10.2. The molecule has 41 heavy (non-hydrogen) atoms. The molecule has 1 atom stereocenters. The van der Waals surface area contributed by atoms with Gasteiger partial charge >= 0.3 is 6.09 Å². The number of nitrogens with one attached hydrogen (secondary N) is 3. The highest BCUT2D eigenvalue weighted by Gasteiger charge is 2.24. The molecule has 2 rings (SSSR count). The molecule has 0 aliphatic heterocycles. The second-order valence-corrected chi connectivity index (χ2v) is 10.2. The fourth-order valence-electron chi connectivity index (χ4n) is 3.38. The van der Waals surface area contributed by atoms with Crippen molar-refractivity contribution in [1.29, 1.82) is 0 Å². The summed E-state index contributed by atoms with van der Waals surface area (Å²) in [5, 5.41) is 5.41. The number of Topliss-reactive ketones (excluding diaryl/α,β-unsaturated/α-hetero) is 1. The number of ketones is 1. The topological polar surface area (TPSA) is 123 Å². The molecule has 0 saturated carbocycles. The molecule has 0 saturated heterocycles. The van der Waals surface area contributed by atoms with Gasteiger partial charge in [-0.2, -0.15) is 0 Å². The van der Waals surface area contributed by atoms with Gasteiger partial charge in [0.25, 0.3) is 5.91 Å². The summed E-state index contributed by atoms with van der Waals surface area (Å²) in [5.41, 5.74) is -0.418. The smallest absolute Gasteiger partial charge is 0.407 e. The lowest BCUT2D eigenvalue weighted by Crippen LogP contribution is -2.43. The summed E-state index contributed by atoms with van der Waals surface area (Å²) in [5.74, 6) is -4.91. The fourth-order valence-corrected chi connectivity index (χ4v) is 3.38. The fraction of sp³-hybridized carbons (Fsp3) is 0.407. The number of unbranched alkanes of at least 4 members (excludes halogenated alkanes) is 1. The normalized spacial score (nSPS) is 12.1.